The molecule has 0 bridgehead atoms. The van der Waals surface area contributed by atoms with Crippen molar-refractivity contribution in [3.8, 4) is 11.1 Å². The highest BCUT2D eigenvalue weighted by molar-refractivity contribution is 6.30. The maximum atomic E-state index is 13.7. The van der Waals surface area contributed by atoms with Crippen molar-refractivity contribution in [3.05, 3.63) is 94.5 Å². The minimum Gasteiger partial charge on any atom is -0.384 e. The van der Waals surface area contributed by atoms with E-state index in [1.54, 1.807) is 23.1 Å². The highest BCUT2D eigenvalue weighted by Crippen LogP contribution is 2.46. The van der Waals surface area contributed by atoms with Gasteiger partial charge in [-0.3, -0.25) is 9.59 Å². The Hall–Kier alpha value is -3.15. The fraction of sp³-hybridized carbons (Fsp3) is 0.375. The first-order chi connectivity index (χ1) is 17.9. The molecule has 0 saturated carbocycles. The van der Waals surface area contributed by atoms with Crippen LogP contribution in [-0.2, 0) is 10.4 Å². The van der Waals surface area contributed by atoms with Crippen LogP contribution in [0.25, 0.3) is 11.1 Å². The SMILES string of the molecule is Cc1ccc(-c2cccc(C(=O)N[C@@H](C(=O)N3CC[C@](O)(c4ccc(Cl)cc4)C(C)(C)C3)C(C)C)c2)cc1. The number of nitrogens with one attached hydrogen (secondary N) is 1. The van der Waals surface area contributed by atoms with E-state index < -0.39 is 17.1 Å². The van der Waals surface area contributed by atoms with Crippen LogP contribution >= 0.6 is 11.6 Å². The molecule has 3 aromatic carbocycles. The maximum absolute atomic E-state index is 13.7. The van der Waals surface area contributed by atoms with Gasteiger partial charge in [-0.2, -0.15) is 0 Å². The summed E-state index contributed by atoms with van der Waals surface area (Å²) in [5.41, 5.74) is 2.76. The average Bonchev–Trinajstić information content (AvgIpc) is 2.89. The van der Waals surface area contributed by atoms with Gasteiger partial charge in [0.15, 0.2) is 0 Å². The van der Waals surface area contributed by atoms with Crippen LogP contribution in [0, 0.1) is 18.3 Å². The Labute approximate surface area is 230 Å². The predicted octanol–water partition coefficient (Wildman–Crippen LogP) is 6.22. The topological polar surface area (TPSA) is 69.6 Å². The molecule has 1 saturated heterocycles. The summed E-state index contributed by atoms with van der Waals surface area (Å²) in [5.74, 6) is -0.513. The van der Waals surface area contributed by atoms with Gasteiger partial charge in [0.25, 0.3) is 5.91 Å². The van der Waals surface area contributed by atoms with Crippen molar-refractivity contribution < 1.29 is 14.7 Å². The van der Waals surface area contributed by atoms with Crippen molar-refractivity contribution in [1.82, 2.24) is 10.2 Å². The van der Waals surface area contributed by atoms with E-state index in [-0.39, 0.29) is 17.7 Å². The summed E-state index contributed by atoms with van der Waals surface area (Å²) in [6.45, 7) is 10.6. The molecule has 1 fully saturated rings. The number of hydrogen-bond donors (Lipinski definition) is 2. The second-order valence-corrected chi connectivity index (χ2v) is 11.8. The Kier molecular flexibility index (Phi) is 8.01. The molecule has 4 rings (SSSR count). The van der Waals surface area contributed by atoms with Gasteiger partial charge in [0, 0.05) is 29.1 Å². The first-order valence-electron chi connectivity index (χ1n) is 13.2. The van der Waals surface area contributed by atoms with Crippen LogP contribution in [0.4, 0.5) is 0 Å². The largest absolute Gasteiger partial charge is 0.384 e. The molecule has 3 aromatic rings. The lowest BCUT2D eigenvalue weighted by atomic mass is 9.66. The van der Waals surface area contributed by atoms with E-state index in [9.17, 15) is 14.7 Å². The number of rotatable bonds is 6. The van der Waals surface area contributed by atoms with Crippen LogP contribution in [0.5, 0.6) is 0 Å². The molecule has 2 atom stereocenters. The van der Waals surface area contributed by atoms with Gasteiger partial charge in [0.1, 0.15) is 6.04 Å². The minimum atomic E-state index is -1.10. The van der Waals surface area contributed by atoms with E-state index >= 15 is 0 Å². The van der Waals surface area contributed by atoms with Crippen molar-refractivity contribution in [2.45, 2.75) is 52.7 Å². The number of carbonyl (C=O) groups excluding carboxylic acids is 2. The van der Waals surface area contributed by atoms with Gasteiger partial charge in [-0.15, -0.1) is 0 Å². The number of hydrogen-bond acceptors (Lipinski definition) is 3. The van der Waals surface area contributed by atoms with Crippen LogP contribution in [0.1, 0.15) is 55.6 Å². The lowest BCUT2D eigenvalue weighted by molar-refractivity contribution is -0.155. The first-order valence-corrected chi connectivity index (χ1v) is 13.5. The standard InChI is InChI=1S/C32H37ClN2O3/c1-21(2)28(34-29(36)25-8-6-7-24(19-25)23-11-9-22(3)10-12-23)30(37)35-18-17-32(38,31(4,5)20-35)26-13-15-27(33)16-14-26/h6-16,19,21,28,38H,17-18,20H2,1-5H3,(H,34,36)/t28-,32+/m1/s1. The molecule has 1 aliphatic rings. The number of carbonyl (C=O) groups is 2. The first kappa shape index (κ1) is 27.9. The Morgan fingerprint density at radius 3 is 2.24 bits per heavy atom. The zero-order valence-corrected chi connectivity index (χ0v) is 23.5. The molecule has 5 nitrogen and oxygen atoms in total. The molecule has 38 heavy (non-hydrogen) atoms. The molecule has 200 valence electrons. The van der Waals surface area contributed by atoms with Gasteiger partial charge < -0.3 is 15.3 Å². The summed E-state index contributed by atoms with van der Waals surface area (Å²) in [6, 6.07) is 22.2. The van der Waals surface area contributed by atoms with Crippen molar-refractivity contribution in [3.63, 3.8) is 0 Å². The van der Waals surface area contributed by atoms with Crippen LogP contribution in [0.2, 0.25) is 5.02 Å². The monoisotopic (exact) mass is 532 g/mol. The zero-order valence-electron chi connectivity index (χ0n) is 22.8. The number of nitrogens with zero attached hydrogens (tertiary/aromatic N) is 1. The number of amides is 2. The molecule has 0 spiro atoms. The van der Waals surface area contributed by atoms with E-state index in [0.29, 0.717) is 30.1 Å². The van der Waals surface area contributed by atoms with E-state index in [4.69, 9.17) is 11.6 Å². The van der Waals surface area contributed by atoms with E-state index in [1.807, 2.05) is 89.2 Å². The third-order valence-corrected chi connectivity index (χ3v) is 8.06. The maximum Gasteiger partial charge on any atom is 0.251 e. The summed E-state index contributed by atoms with van der Waals surface area (Å²) in [6.07, 6.45) is 0.394. The summed E-state index contributed by atoms with van der Waals surface area (Å²) in [7, 11) is 0. The van der Waals surface area contributed by atoms with Gasteiger partial charge in [-0.1, -0.05) is 93.4 Å². The predicted molar refractivity (Wildman–Crippen MR) is 153 cm³/mol. The molecule has 0 unspecified atom stereocenters. The molecular weight excluding hydrogens is 496 g/mol. The van der Waals surface area contributed by atoms with Gasteiger partial charge in [0.2, 0.25) is 5.91 Å². The molecular formula is C32H37ClN2O3. The molecule has 2 amide bonds. The number of aryl methyl sites for hydroxylation is 1. The zero-order chi connectivity index (χ0) is 27.7. The van der Waals surface area contributed by atoms with Crippen LogP contribution < -0.4 is 5.32 Å². The van der Waals surface area contributed by atoms with Crippen LogP contribution in [0.15, 0.2) is 72.8 Å². The summed E-state index contributed by atoms with van der Waals surface area (Å²) in [4.78, 5) is 28.8. The smallest absolute Gasteiger partial charge is 0.251 e. The quantitative estimate of drug-likeness (QED) is 0.396. The van der Waals surface area contributed by atoms with Gasteiger partial charge in [-0.25, -0.2) is 0 Å². The normalized spacial score (nSPS) is 19.7. The summed E-state index contributed by atoms with van der Waals surface area (Å²) >= 11 is 6.06. The second-order valence-electron chi connectivity index (χ2n) is 11.4. The fourth-order valence-electron chi connectivity index (χ4n) is 5.29. The number of halogens is 1. The van der Waals surface area contributed by atoms with E-state index in [0.717, 1.165) is 16.7 Å². The van der Waals surface area contributed by atoms with E-state index in [2.05, 4.69) is 5.32 Å². The summed E-state index contributed by atoms with van der Waals surface area (Å²) < 4.78 is 0. The van der Waals surface area contributed by atoms with Crippen molar-refractivity contribution in [2.75, 3.05) is 13.1 Å². The van der Waals surface area contributed by atoms with Gasteiger partial charge >= 0.3 is 0 Å². The second kappa shape index (κ2) is 10.9. The molecule has 0 aliphatic carbocycles. The number of benzene rings is 3. The molecule has 6 heteroatoms. The van der Waals surface area contributed by atoms with Gasteiger partial charge in [-0.05, 0) is 60.2 Å². The van der Waals surface area contributed by atoms with Gasteiger partial charge in [0.05, 0.1) is 5.60 Å². The number of piperidine rings is 1. The average molecular weight is 533 g/mol. The molecule has 1 heterocycles. The molecule has 2 N–H and O–H groups in total. The fourth-order valence-corrected chi connectivity index (χ4v) is 5.42. The Morgan fingerprint density at radius 2 is 1.63 bits per heavy atom. The molecule has 0 aromatic heterocycles. The Bertz CT molecular complexity index is 1300. The van der Waals surface area contributed by atoms with Crippen molar-refractivity contribution in [1.29, 1.82) is 0 Å². The summed E-state index contributed by atoms with van der Waals surface area (Å²) in [5, 5.41) is 15.3. The Morgan fingerprint density at radius 1 is 0.974 bits per heavy atom. The lowest BCUT2D eigenvalue weighted by Crippen LogP contribution is -2.60. The number of aliphatic hydroxyl groups is 1. The van der Waals surface area contributed by atoms with E-state index in [1.165, 1.54) is 5.56 Å². The van der Waals surface area contributed by atoms with Crippen LogP contribution in [-0.4, -0.2) is 41.0 Å². The molecule has 1 aliphatic heterocycles. The van der Waals surface area contributed by atoms with Crippen LogP contribution in [0.3, 0.4) is 0 Å². The van der Waals surface area contributed by atoms with Crippen molar-refractivity contribution in [2.24, 2.45) is 11.3 Å². The third kappa shape index (κ3) is 5.64. The van der Waals surface area contributed by atoms with Crippen molar-refractivity contribution >= 4 is 23.4 Å². The highest BCUT2D eigenvalue weighted by atomic mass is 35.5. The molecule has 0 radical (unpaired) electrons. The minimum absolute atomic E-state index is 0.105. The highest BCUT2D eigenvalue weighted by Gasteiger charge is 2.50. The Balaban J connectivity index is 1.50. The number of likely N-dealkylation sites (tertiary alicyclic amines) is 1. The third-order valence-electron chi connectivity index (χ3n) is 7.81. The lowest BCUT2D eigenvalue weighted by Gasteiger charge is -2.51.